The van der Waals surface area contributed by atoms with Gasteiger partial charge in [-0.1, -0.05) is 230 Å². The van der Waals surface area contributed by atoms with Gasteiger partial charge in [-0.2, -0.15) is 0 Å². The molecule has 8 aromatic rings. The lowest BCUT2D eigenvalue weighted by atomic mass is 9.63. The number of hydrogen-bond donors (Lipinski definition) is 0. The Labute approximate surface area is 638 Å². The van der Waals surface area contributed by atoms with Crippen LogP contribution in [-0.2, 0) is 21.7 Å². The first-order chi connectivity index (χ1) is 50.8. The fourth-order valence-corrected chi connectivity index (χ4v) is 23.5. The third kappa shape index (κ3) is 12.4. The van der Waals surface area contributed by atoms with E-state index in [9.17, 15) is 0 Å². The number of nitrogens with zero attached hydrogens (tertiary/aromatic N) is 8. The zero-order chi connectivity index (χ0) is 73.6. The Hall–Kier alpha value is -7.52. The van der Waals surface area contributed by atoms with Crippen LogP contribution in [0.3, 0.4) is 0 Å². The molecular weight excluding hydrogens is 1290 g/mol. The first kappa shape index (κ1) is 71.4. The molecule has 0 spiro atoms. The van der Waals surface area contributed by atoms with Gasteiger partial charge in [0.1, 0.15) is 0 Å². The van der Waals surface area contributed by atoms with E-state index in [1.165, 1.54) is 148 Å². The Balaban J connectivity index is 0.868. The van der Waals surface area contributed by atoms with E-state index in [4.69, 9.17) is 0 Å². The van der Waals surface area contributed by atoms with E-state index in [1.54, 1.807) is 0 Å². The lowest BCUT2D eigenvalue weighted by Gasteiger charge is -2.74. The van der Waals surface area contributed by atoms with Crippen molar-refractivity contribution in [3.05, 3.63) is 239 Å². The molecule has 8 nitrogen and oxygen atoms in total. The van der Waals surface area contributed by atoms with Crippen LogP contribution in [0.15, 0.2) is 194 Å². The van der Waals surface area contributed by atoms with Gasteiger partial charge in [-0.15, -0.1) is 0 Å². The highest BCUT2D eigenvalue weighted by Gasteiger charge is 2.68. The Kier molecular flexibility index (Phi) is 18.4. The van der Waals surface area contributed by atoms with Crippen molar-refractivity contribution in [3.63, 3.8) is 0 Å². The second-order valence-corrected chi connectivity index (χ2v) is 38.7. The van der Waals surface area contributed by atoms with Gasteiger partial charge in [0.2, 0.25) is 0 Å². The van der Waals surface area contributed by atoms with Crippen molar-refractivity contribution in [2.24, 2.45) is 0 Å². The molecule has 4 heterocycles. The first-order valence-corrected chi connectivity index (χ1v) is 41.7. The quantitative estimate of drug-likeness (QED) is 0.134. The van der Waals surface area contributed by atoms with Crippen LogP contribution in [0.4, 0.5) is 45.5 Å². The summed E-state index contributed by atoms with van der Waals surface area (Å²) in [5.41, 5.74) is 22.3. The Morgan fingerprint density at radius 1 is 0.255 bits per heavy atom. The molecule has 9 fully saturated rings. The average Bonchev–Trinajstić information content (AvgIpc) is 0.683. The van der Waals surface area contributed by atoms with Crippen LogP contribution < -0.4 is 29.4 Å². The summed E-state index contributed by atoms with van der Waals surface area (Å²) in [5, 5.41) is 0. The number of rotatable bonds is 10. The molecule has 4 saturated heterocycles. The van der Waals surface area contributed by atoms with Gasteiger partial charge in [0, 0.05) is 130 Å². The van der Waals surface area contributed by atoms with Crippen molar-refractivity contribution >= 4 is 45.5 Å². The largest absolute Gasteiger partial charge is 0.362 e. The van der Waals surface area contributed by atoms with Crippen LogP contribution in [0.5, 0.6) is 0 Å². The number of anilines is 8. The smallest absolute Gasteiger partial charge is 0.0512 e. The predicted molar refractivity (Wildman–Crippen MR) is 448 cm³/mol. The van der Waals surface area contributed by atoms with Crippen molar-refractivity contribution < 1.29 is 0 Å². The summed E-state index contributed by atoms with van der Waals surface area (Å²) in [4.78, 5) is 25.2. The van der Waals surface area contributed by atoms with Gasteiger partial charge in [0.05, 0.1) is 12.1 Å². The van der Waals surface area contributed by atoms with Crippen LogP contribution in [-0.4, -0.2) is 106 Å². The highest BCUT2D eigenvalue weighted by Crippen LogP contribution is 2.59. The maximum absolute atomic E-state index is 3.41. The Bertz CT molecular complexity index is 4040. The monoisotopic (exact) mass is 1410 g/mol. The molecule has 556 valence electrons. The minimum Gasteiger partial charge on any atom is -0.362 e. The van der Waals surface area contributed by atoms with E-state index in [0.717, 1.165) is 32.1 Å². The fourth-order valence-electron chi connectivity index (χ4n) is 23.5. The molecule has 5 aliphatic carbocycles. The average molecular weight is 1410 g/mol. The minimum atomic E-state index is 0.0311. The molecular formula is C98H124N8. The van der Waals surface area contributed by atoms with Crippen LogP contribution in [0.25, 0.3) is 0 Å². The predicted octanol–water partition coefficient (Wildman–Crippen LogP) is 22.2. The molecule has 8 heteroatoms. The fraction of sp³-hybridized carbons (Fsp3) is 0.510. The minimum absolute atomic E-state index is 0.0311. The van der Waals surface area contributed by atoms with Crippen molar-refractivity contribution in [1.29, 1.82) is 0 Å². The van der Waals surface area contributed by atoms with Gasteiger partial charge >= 0.3 is 0 Å². The molecule has 0 bridgehead atoms. The number of benzene rings is 8. The lowest BCUT2D eigenvalue weighted by molar-refractivity contribution is -0.118. The molecule has 8 aromatic carbocycles. The van der Waals surface area contributed by atoms with Crippen molar-refractivity contribution in [3.8, 4) is 0 Å². The summed E-state index contributed by atoms with van der Waals surface area (Å²) in [7, 11) is 0. The van der Waals surface area contributed by atoms with Crippen LogP contribution >= 0.6 is 0 Å². The van der Waals surface area contributed by atoms with Gasteiger partial charge in [-0.3, -0.25) is 9.80 Å². The molecule has 5 saturated carbocycles. The topological polar surface area (TPSA) is 25.9 Å². The van der Waals surface area contributed by atoms with Crippen LogP contribution in [0, 0.1) is 27.7 Å². The van der Waals surface area contributed by atoms with E-state index in [-0.39, 0.29) is 70.0 Å². The summed E-state index contributed by atoms with van der Waals surface area (Å²) < 4.78 is 0. The number of para-hydroxylation sites is 4. The molecule has 16 unspecified atom stereocenters. The van der Waals surface area contributed by atoms with E-state index in [2.05, 4.69) is 344 Å². The van der Waals surface area contributed by atoms with Gasteiger partial charge in [-0.25, -0.2) is 0 Å². The van der Waals surface area contributed by atoms with E-state index >= 15 is 0 Å². The van der Waals surface area contributed by atoms with Gasteiger partial charge in [-0.05, 0) is 231 Å². The first-order valence-electron chi connectivity index (χ1n) is 41.7. The van der Waals surface area contributed by atoms with E-state index in [1.807, 2.05) is 0 Å². The van der Waals surface area contributed by atoms with Crippen LogP contribution in [0.2, 0.25) is 0 Å². The third-order valence-corrected chi connectivity index (χ3v) is 28.2. The molecule has 0 aromatic heterocycles. The SMILES string of the molecule is Cc1cc(C(C)(C)C)ccc1N(c1ccc(C(C)(C)C)cc1C)C1CC2C3C(C1)N(c1ccccc1)C1CC4C(CC1N3C1CCCCC1N2c1ccccc1)N1C2CCCCC2N(c2ccccc2)C2CC(N(c3ccc(C(C)(C)C)cc3C)c3ccc(C(C)(C)C)cc3C)CC(C21)N4c1ccccc1. The summed E-state index contributed by atoms with van der Waals surface area (Å²) in [6.45, 7) is 38.3. The maximum atomic E-state index is 3.41. The standard InChI is InChI=1S/C98H124N8/c1-63-53-67(95(5,6)7)45-49-77(63)103(78-50-46-68(54-64(78)2)96(8,9)10)75-57-89-93-91(59-75)101(73-37-25-19-26-38-73)85-61-86-88(62-87(85)105(93)83-43-31-29-41-81(83)99(89)71-33-21-17-22-34-71)106-84-44-32-30-42-82(84)100(72-35-23-18-24-36-72)90-58-76(60-92(94(90)106)102(86)74-39-27-20-28-40-74)104(79-51-47-69(55-65(79)3)97(11,12)13)80-52-48-70(56-66(80)4)98(14,15)16/h17-28,33-40,45-56,75-76,81-94H,29-32,41-44,57-62H2,1-16H3. The number of hydrogen-bond acceptors (Lipinski definition) is 8. The number of fused-ring (bicyclic) bond motifs is 8. The van der Waals surface area contributed by atoms with Gasteiger partial charge in [0.15, 0.2) is 0 Å². The van der Waals surface area contributed by atoms with Crippen molar-refractivity contribution in [1.82, 2.24) is 9.80 Å². The molecule has 0 N–H and O–H groups in total. The number of aryl methyl sites for hydroxylation is 4. The van der Waals surface area contributed by atoms with Gasteiger partial charge in [0.25, 0.3) is 0 Å². The second kappa shape index (κ2) is 27.2. The lowest BCUT2D eigenvalue weighted by Crippen LogP contribution is -2.87. The molecule has 16 atom stereocenters. The highest BCUT2D eigenvalue weighted by molar-refractivity contribution is 5.74. The normalized spacial score (nSPS) is 29.6. The maximum Gasteiger partial charge on any atom is 0.0512 e. The highest BCUT2D eigenvalue weighted by atomic mass is 15.5. The molecule has 0 amide bonds. The number of piperazine rings is 4. The zero-order valence-corrected chi connectivity index (χ0v) is 67.2. The molecule has 106 heavy (non-hydrogen) atoms. The second-order valence-electron chi connectivity index (χ2n) is 38.7. The van der Waals surface area contributed by atoms with Crippen molar-refractivity contribution in [2.45, 2.75) is 319 Å². The third-order valence-electron chi connectivity index (χ3n) is 28.2. The summed E-state index contributed by atoms with van der Waals surface area (Å²) in [6, 6.07) is 83.4. The van der Waals surface area contributed by atoms with E-state index < -0.39 is 0 Å². The Morgan fingerprint density at radius 2 is 0.491 bits per heavy atom. The molecule has 9 aliphatic rings. The van der Waals surface area contributed by atoms with Crippen LogP contribution in [0.1, 0.15) is 217 Å². The van der Waals surface area contributed by atoms with E-state index in [0.29, 0.717) is 48.3 Å². The molecule has 4 aliphatic heterocycles. The molecule has 0 radical (unpaired) electrons. The summed E-state index contributed by atoms with van der Waals surface area (Å²) >= 11 is 0. The molecule has 17 rings (SSSR count). The summed E-state index contributed by atoms with van der Waals surface area (Å²) in [6.07, 6.45) is 16.8. The van der Waals surface area contributed by atoms with Crippen molar-refractivity contribution in [2.75, 3.05) is 29.4 Å². The summed E-state index contributed by atoms with van der Waals surface area (Å²) in [5.74, 6) is 0. The Morgan fingerprint density at radius 3 is 0.736 bits per heavy atom. The van der Waals surface area contributed by atoms with Gasteiger partial charge < -0.3 is 29.4 Å². The zero-order valence-electron chi connectivity index (χ0n) is 67.2.